The third-order valence-corrected chi connectivity index (χ3v) is 5.85. The van der Waals surface area contributed by atoms with Crippen LogP contribution in [0.5, 0.6) is 0 Å². The molecule has 4 amide bonds. The van der Waals surface area contributed by atoms with Gasteiger partial charge in [-0.3, -0.25) is 29.4 Å². The van der Waals surface area contributed by atoms with Crippen molar-refractivity contribution in [3.05, 3.63) is 58.7 Å². The lowest BCUT2D eigenvalue weighted by Gasteiger charge is -2.27. The molecule has 8 heteroatoms. The number of nitrogens with zero attached hydrogens (tertiary/aromatic N) is 1. The summed E-state index contributed by atoms with van der Waals surface area (Å²) >= 11 is 0. The van der Waals surface area contributed by atoms with Crippen molar-refractivity contribution < 1.29 is 19.2 Å². The molecule has 1 unspecified atom stereocenters. The molecule has 0 aromatic heterocycles. The van der Waals surface area contributed by atoms with Crippen molar-refractivity contribution in [2.75, 3.05) is 17.2 Å². The standard InChI is InChI=1S/C22H20N4O4/c27-19-7-6-18(20(28)25-19)26-21(29)13-5-4-12(10-15(13)22(26)30)11-24-17-3-1-2-16-14(17)8-9-23-16/h1-5,10,18,23-24H,6-9,11H2,(H,25,27,28). The van der Waals surface area contributed by atoms with Gasteiger partial charge in [0.2, 0.25) is 11.8 Å². The van der Waals surface area contributed by atoms with Crippen molar-refractivity contribution >= 4 is 35.0 Å². The van der Waals surface area contributed by atoms with E-state index >= 15 is 0 Å². The lowest BCUT2D eigenvalue weighted by Crippen LogP contribution is -2.54. The van der Waals surface area contributed by atoms with E-state index in [2.05, 4.69) is 22.0 Å². The SMILES string of the molecule is O=C1CCC(N2C(=O)c3ccc(CNc4cccc5c4CCN5)cc3C2=O)C(=O)N1. The first kappa shape index (κ1) is 18.4. The van der Waals surface area contributed by atoms with Crippen LogP contribution in [0.25, 0.3) is 0 Å². The topological polar surface area (TPSA) is 108 Å². The molecule has 1 atom stereocenters. The van der Waals surface area contributed by atoms with E-state index < -0.39 is 23.8 Å². The first-order valence-corrected chi connectivity index (χ1v) is 9.97. The molecule has 8 nitrogen and oxygen atoms in total. The Hall–Kier alpha value is -3.68. The number of amides is 4. The maximum atomic E-state index is 12.9. The Morgan fingerprint density at radius 3 is 2.67 bits per heavy atom. The summed E-state index contributed by atoms with van der Waals surface area (Å²) in [5, 5.41) is 8.96. The van der Waals surface area contributed by atoms with Crippen LogP contribution in [-0.4, -0.2) is 41.1 Å². The van der Waals surface area contributed by atoms with E-state index in [0.717, 1.165) is 34.8 Å². The van der Waals surface area contributed by atoms with Crippen LogP contribution < -0.4 is 16.0 Å². The summed E-state index contributed by atoms with van der Waals surface area (Å²) in [5.41, 5.74) is 4.87. The van der Waals surface area contributed by atoms with Crippen LogP contribution in [-0.2, 0) is 22.6 Å². The Kier molecular flexibility index (Phi) is 4.27. The number of piperidine rings is 1. The highest BCUT2D eigenvalue weighted by atomic mass is 16.2. The maximum Gasteiger partial charge on any atom is 0.262 e. The average Bonchev–Trinajstić information content (AvgIpc) is 3.31. The Morgan fingerprint density at radius 2 is 1.83 bits per heavy atom. The normalized spacial score (nSPS) is 20.0. The summed E-state index contributed by atoms with van der Waals surface area (Å²) in [4.78, 5) is 50.2. The van der Waals surface area contributed by atoms with Gasteiger partial charge in [-0.25, -0.2) is 0 Å². The van der Waals surface area contributed by atoms with Crippen molar-refractivity contribution in [3.63, 3.8) is 0 Å². The molecule has 5 rings (SSSR count). The van der Waals surface area contributed by atoms with Crippen molar-refractivity contribution in [3.8, 4) is 0 Å². The van der Waals surface area contributed by atoms with Gasteiger partial charge in [-0.15, -0.1) is 0 Å². The fraction of sp³-hybridized carbons (Fsp3) is 0.273. The van der Waals surface area contributed by atoms with E-state index in [4.69, 9.17) is 0 Å². The molecule has 0 radical (unpaired) electrons. The van der Waals surface area contributed by atoms with Crippen molar-refractivity contribution in [2.24, 2.45) is 0 Å². The van der Waals surface area contributed by atoms with E-state index in [1.807, 2.05) is 18.2 Å². The molecule has 0 aliphatic carbocycles. The molecule has 2 aromatic rings. The second-order valence-corrected chi connectivity index (χ2v) is 7.69. The molecule has 30 heavy (non-hydrogen) atoms. The smallest absolute Gasteiger partial charge is 0.262 e. The number of benzene rings is 2. The fourth-order valence-electron chi connectivity index (χ4n) is 4.33. The van der Waals surface area contributed by atoms with Gasteiger partial charge in [0, 0.05) is 36.4 Å². The van der Waals surface area contributed by atoms with Crippen LogP contribution in [0.3, 0.4) is 0 Å². The second kappa shape index (κ2) is 6.98. The zero-order chi connectivity index (χ0) is 20.8. The summed E-state index contributed by atoms with van der Waals surface area (Å²) in [6.45, 7) is 1.42. The van der Waals surface area contributed by atoms with E-state index in [-0.39, 0.29) is 18.7 Å². The summed E-state index contributed by atoms with van der Waals surface area (Å²) in [7, 11) is 0. The number of hydrogen-bond acceptors (Lipinski definition) is 6. The van der Waals surface area contributed by atoms with Crippen molar-refractivity contribution in [1.82, 2.24) is 10.2 Å². The minimum Gasteiger partial charge on any atom is -0.384 e. The number of fused-ring (bicyclic) bond motifs is 2. The second-order valence-electron chi connectivity index (χ2n) is 7.69. The summed E-state index contributed by atoms with van der Waals surface area (Å²) < 4.78 is 0. The molecule has 2 aromatic carbocycles. The Morgan fingerprint density at radius 1 is 1.00 bits per heavy atom. The van der Waals surface area contributed by atoms with Crippen LogP contribution in [0.4, 0.5) is 11.4 Å². The van der Waals surface area contributed by atoms with Crippen LogP contribution in [0.1, 0.15) is 44.7 Å². The first-order chi connectivity index (χ1) is 14.5. The molecule has 3 aliphatic heterocycles. The summed E-state index contributed by atoms with van der Waals surface area (Å²) in [5.74, 6) is -1.97. The van der Waals surface area contributed by atoms with Gasteiger partial charge in [0.05, 0.1) is 11.1 Å². The van der Waals surface area contributed by atoms with Crippen molar-refractivity contribution in [1.29, 1.82) is 0 Å². The molecule has 0 spiro atoms. The highest BCUT2D eigenvalue weighted by Gasteiger charge is 2.44. The molecule has 1 saturated heterocycles. The number of rotatable bonds is 4. The minimum absolute atomic E-state index is 0.106. The quantitative estimate of drug-likeness (QED) is 0.669. The zero-order valence-electron chi connectivity index (χ0n) is 16.2. The number of carbonyl (C=O) groups excluding carboxylic acids is 4. The van der Waals surface area contributed by atoms with Crippen LogP contribution >= 0.6 is 0 Å². The molecule has 0 saturated carbocycles. The van der Waals surface area contributed by atoms with Gasteiger partial charge >= 0.3 is 0 Å². The fourth-order valence-corrected chi connectivity index (χ4v) is 4.33. The minimum atomic E-state index is -0.948. The summed E-state index contributed by atoms with van der Waals surface area (Å²) in [6, 6.07) is 10.3. The lowest BCUT2D eigenvalue weighted by atomic mass is 10.0. The van der Waals surface area contributed by atoms with E-state index in [1.54, 1.807) is 12.1 Å². The van der Waals surface area contributed by atoms with Crippen LogP contribution in [0, 0.1) is 0 Å². The molecule has 3 N–H and O–H groups in total. The van der Waals surface area contributed by atoms with Gasteiger partial charge in [0.25, 0.3) is 11.8 Å². The number of nitrogens with one attached hydrogen (secondary N) is 3. The van der Waals surface area contributed by atoms with E-state index in [9.17, 15) is 19.2 Å². The Labute approximate surface area is 172 Å². The molecular formula is C22H20N4O4. The predicted molar refractivity (Wildman–Crippen MR) is 109 cm³/mol. The molecule has 3 heterocycles. The zero-order valence-corrected chi connectivity index (χ0v) is 16.2. The number of carbonyl (C=O) groups is 4. The lowest BCUT2D eigenvalue weighted by molar-refractivity contribution is -0.136. The van der Waals surface area contributed by atoms with Gasteiger partial charge in [0.15, 0.2) is 0 Å². The maximum absolute atomic E-state index is 12.9. The number of anilines is 2. The van der Waals surface area contributed by atoms with Crippen LogP contribution in [0.2, 0.25) is 0 Å². The highest BCUT2D eigenvalue weighted by molar-refractivity contribution is 6.23. The highest BCUT2D eigenvalue weighted by Crippen LogP contribution is 2.31. The van der Waals surface area contributed by atoms with E-state index in [0.29, 0.717) is 17.7 Å². The number of hydrogen-bond donors (Lipinski definition) is 3. The van der Waals surface area contributed by atoms with Gasteiger partial charge in [0.1, 0.15) is 6.04 Å². The largest absolute Gasteiger partial charge is 0.384 e. The van der Waals surface area contributed by atoms with Gasteiger partial charge < -0.3 is 10.6 Å². The van der Waals surface area contributed by atoms with Crippen molar-refractivity contribution in [2.45, 2.75) is 31.8 Å². The Bertz CT molecular complexity index is 1110. The third-order valence-electron chi connectivity index (χ3n) is 5.85. The van der Waals surface area contributed by atoms with Gasteiger partial charge in [-0.05, 0) is 42.7 Å². The van der Waals surface area contributed by atoms with Gasteiger partial charge in [-0.2, -0.15) is 0 Å². The number of imide groups is 2. The first-order valence-electron chi connectivity index (χ1n) is 9.97. The monoisotopic (exact) mass is 404 g/mol. The van der Waals surface area contributed by atoms with E-state index in [1.165, 1.54) is 5.56 Å². The third kappa shape index (κ3) is 2.92. The molecule has 152 valence electrons. The summed E-state index contributed by atoms with van der Waals surface area (Å²) in [6.07, 6.45) is 1.21. The average molecular weight is 404 g/mol. The molecule has 0 bridgehead atoms. The van der Waals surface area contributed by atoms with Gasteiger partial charge in [-0.1, -0.05) is 12.1 Å². The molecule has 1 fully saturated rings. The molecule has 3 aliphatic rings. The van der Waals surface area contributed by atoms with Crippen LogP contribution in [0.15, 0.2) is 36.4 Å². The predicted octanol–water partition coefficient (Wildman–Crippen LogP) is 1.67. The Balaban J connectivity index is 1.36. The molecular weight excluding hydrogens is 384 g/mol.